The number of Topliss-reactive ketones (excluding diaryl/α,β-unsaturated/α-hetero) is 1. The van der Waals surface area contributed by atoms with Crippen LogP contribution in [0.25, 0.3) is 0 Å². The maximum absolute atomic E-state index is 12.6. The lowest BCUT2D eigenvalue weighted by molar-refractivity contribution is 0.101. The van der Waals surface area contributed by atoms with Gasteiger partial charge >= 0.3 is 0 Å². The van der Waals surface area contributed by atoms with E-state index in [1.807, 2.05) is 6.92 Å². The summed E-state index contributed by atoms with van der Waals surface area (Å²) in [4.78, 5) is 24.0. The van der Waals surface area contributed by atoms with Gasteiger partial charge in [-0.3, -0.25) is 14.3 Å². The summed E-state index contributed by atoms with van der Waals surface area (Å²) in [5, 5.41) is 2.70. The van der Waals surface area contributed by atoms with E-state index in [4.69, 9.17) is 4.74 Å². The monoisotopic (exact) mass is 438 g/mol. The lowest BCUT2D eigenvalue weighted by Gasteiger charge is -2.10. The summed E-state index contributed by atoms with van der Waals surface area (Å²) in [6.45, 7) is 3.83. The average Bonchev–Trinajstić information content (AvgIpc) is 2.75. The molecule has 0 unspecified atom stereocenters. The van der Waals surface area contributed by atoms with Gasteiger partial charge in [0.15, 0.2) is 5.78 Å². The maximum Gasteiger partial charge on any atom is 0.261 e. The fourth-order valence-electron chi connectivity index (χ4n) is 2.80. The lowest BCUT2D eigenvalue weighted by Crippen LogP contribution is -2.15. The molecule has 0 fully saturated rings. The number of hydrogen-bond acceptors (Lipinski definition) is 5. The average molecular weight is 439 g/mol. The second-order valence-electron chi connectivity index (χ2n) is 6.68. The van der Waals surface area contributed by atoms with Crippen molar-refractivity contribution in [2.45, 2.75) is 18.7 Å². The molecule has 0 atom stereocenters. The molecule has 0 saturated heterocycles. The minimum Gasteiger partial charge on any atom is -0.494 e. The van der Waals surface area contributed by atoms with Crippen molar-refractivity contribution in [3.63, 3.8) is 0 Å². The van der Waals surface area contributed by atoms with E-state index in [9.17, 15) is 18.0 Å². The standard InChI is InChI=1S/C23H22N2O5S/c1-3-30-21-11-9-19(10-12-21)25-31(28,29)22-13-7-17(8-14-22)23(27)24-20-6-4-5-18(15-20)16(2)26/h4-15,25H,3H2,1-2H3,(H,24,27). The Balaban J connectivity index is 1.70. The van der Waals surface area contributed by atoms with Crippen LogP contribution in [0, 0.1) is 0 Å². The number of hydrogen-bond donors (Lipinski definition) is 2. The molecule has 3 aromatic carbocycles. The first-order chi connectivity index (χ1) is 14.8. The first kappa shape index (κ1) is 22.0. The highest BCUT2D eigenvalue weighted by atomic mass is 32.2. The summed E-state index contributed by atoms with van der Waals surface area (Å²) in [5.74, 6) is 0.129. The van der Waals surface area contributed by atoms with Crippen LogP contribution < -0.4 is 14.8 Å². The maximum atomic E-state index is 12.6. The molecule has 0 aliphatic rings. The molecule has 1 amide bonds. The smallest absolute Gasteiger partial charge is 0.261 e. The highest BCUT2D eigenvalue weighted by Crippen LogP contribution is 2.20. The number of amides is 1. The molecule has 7 nitrogen and oxygen atoms in total. The van der Waals surface area contributed by atoms with Crippen LogP contribution in [0.3, 0.4) is 0 Å². The topological polar surface area (TPSA) is 102 Å². The van der Waals surface area contributed by atoms with E-state index in [1.54, 1.807) is 48.5 Å². The molecule has 0 aliphatic heterocycles. The third kappa shape index (κ3) is 5.70. The summed E-state index contributed by atoms with van der Waals surface area (Å²) in [5.41, 5.74) is 1.65. The highest BCUT2D eigenvalue weighted by Gasteiger charge is 2.16. The number of ether oxygens (including phenoxy) is 1. The van der Waals surface area contributed by atoms with Crippen molar-refractivity contribution in [3.8, 4) is 5.75 Å². The summed E-state index contributed by atoms with van der Waals surface area (Å²) in [6.07, 6.45) is 0. The largest absolute Gasteiger partial charge is 0.494 e. The summed E-state index contributed by atoms with van der Waals surface area (Å²) >= 11 is 0. The van der Waals surface area contributed by atoms with Gasteiger partial charge in [0.05, 0.1) is 11.5 Å². The molecule has 3 rings (SSSR count). The first-order valence-electron chi connectivity index (χ1n) is 9.56. The van der Waals surface area contributed by atoms with Crippen molar-refractivity contribution in [1.82, 2.24) is 0 Å². The van der Waals surface area contributed by atoms with Gasteiger partial charge in [-0.15, -0.1) is 0 Å². The van der Waals surface area contributed by atoms with Gasteiger partial charge in [-0.05, 0) is 74.5 Å². The minimum absolute atomic E-state index is 0.0245. The van der Waals surface area contributed by atoms with Gasteiger partial charge in [-0.2, -0.15) is 0 Å². The van der Waals surface area contributed by atoms with Crippen LogP contribution in [0.4, 0.5) is 11.4 Å². The molecular formula is C23H22N2O5S. The van der Waals surface area contributed by atoms with Crippen molar-refractivity contribution in [1.29, 1.82) is 0 Å². The van der Waals surface area contributed by atoms with E-state index in [0.29, 0.717) is 29.3 Å². The zero-order valence-electron chi connectivity index (χ0n) is 17.1. The minimum atomic E-state index is -3.81. The SMILES string of the molecule is CCOc1ccc(NS(=O)(=O)c2ccc(C(=O)Nc3cccc(C(C)=O)c3)cc2)cc1. The van der Waals surface area contributed by atoms with E-state index in [0.717, 1.165) is 0 Å². The van der Waals surface area contributed by atoms with Crippen LogP contribution in [0.15, 0.2) is 77.7 Å². The molecule has 3 aromatic rings. The van der Waals surface area contributed by atoms with Crippen LogP contribution >= 0.6 is 0 Å². The number of nitrogens with one attached hydrogen (secondary N) is 2. The molecule has 0 aliphatic carbocycles. The molecule has 0 aromatic heterocycles. The van der Waals surface area contributed by atoms with E-state index < -0.39 is 15.9 Å². The number of rotatable bonds is 8. The second-order valence-corrected chi connectivity index (χ2v) is 8.36. The van der Waals surface area contributed by atoms with E-state index in [-0.39, 0.29) is 16.2 Å². The predicted octanol–water partition coefficient (Wildman–Crippen LogP) is 4.34. The third-order valence-corrected chi connectivity index (χ3v) is 5.77. The Morgan fingerprint density at radius 2 is 1.55 bits per heavy atom. The normalized spacial score (nSPS) is 10.9. The van der Waals surface area contributed by atoms with E-state index in [2.05, 4.69) is 10.0 Å². The number of benzene rings is 3. The Morgan fingerprint density at radius 3 is 2.16 bits per heavy atom. The summed E-state index contributed by atoms with van der Waals surface area (Å²) in [7, 11) is -3.81. The van der Waals surface area contributed by atoms with Crippen LogP contribution in [-0.4, -0.2) is 26.7 Å². The molecule has 2 N–H and O–H groups in total. The van der Waals surface area contributed by atoms with E-state index in [1.165, 1.54) is 31.2 Å². The van der Waals surface area contributed by atoms with Gasteiger partial charge in [0.25, 0.3) is 15.9 Å². The Kier molecular flexibility index (Phi) is 6.71. The van der Waals surface area contributed by atoms with Crippen molar-refractivity contribution in [2.75, 3.05) is 16.6 Å². The summed E-state index contributed by atoms with van der Waals surface area (Å²) < 4.78 is 33.1. The molecule has 0 spiro atoms. The molecule has 0 radical (unpaired) electrons. The zero-order chi connectivity index (χ0) is 22.4. The van der Waals surface area contributed by atoms with Crippen molar-refractivity contribution >= 4 is 33.1 Å². The summed E-state index contributed by atoms with van der Waals surface area (Å²) in [6, 6.07) is 18.7. The van der Waals surface area contributed by atoms with Crippen LogP contribution in [0.5, 0.6) is 5.75 Å². The third-order valence-electron chi connectivity index (χ3n) is 4.37. The van der Waals surface area contributed by atoms with Gasteiger partial charge < -0.3 is 10.1 Å². The molecule has 0 saturated carbocycles. The fourth-order valence-corrected chi connectivity index (χ4v) is 3.86. The Morgan fingerprint density at radius 1 is 0.871 bits per heavy atom. The Labute approximate surface area is 181 Å². The van der Waals surface area contributed by atoms with Crippen molar-refractivity contribution in [3.05, 3.63) is 83.9 Å². The number of ketones is 1. The van der Waals surface area contributed by atoms with E-state index >= 15 is 0 Å². The predicted molar refractivity (Wildman–Crippen MR) is 119 cm³/mol. The quantitative estimate of drug-likeness (QED) is 0.510. The Hall–Kier alpha value is -3.65. The number of sulfonamides is 1. The van der Waals surface area contributed by atoms with Crippen molar-refractivity contribution < 1.29 is 22.7 Å². The fraction of sp³-hybridized carbons (Fsp3) is 0.130. The second kappa shape index (κ2) is 9.44. The molecule has 8 heteroatoms. The first-order valence-corrected chi connectivity index (χ1v) is 11.0. The number of carbonyl (C=O) groups is 2. The molecular weight excluding hydrogens is 416 g/mol. The van der Waals surface area contributed by atoms with Gasteiger partial charge in [0, 0.05) is 22.5 Å². The number of anilines is 2. The van der Waals surface area contributed by atoms with Gasteiger partial charge in [0.2, 0.25) is 0 Å². The van der Waals surface area contributed by atoms with Crippen molar-refractivity contribution in [2.24, 2.45) is 0 Å². The Bertz CT molecular complexity index is 1190. The molecule has 0 bridgehead atoms. The molecule has 160 valence electrons. The number of carbonyl (C=O) groups excluding carboxylic acids is 2. The van der Waals surface area contributed by atoms with Gasteiger partial charge in [-0.1, -0.05) is 12.1 Å². The molecule has 31 heavy (non-hydrogen) atoms. The van der Waals surface area contributed by atoms with Crippen LogP contribution in [0.2, 0.25) is 0 Å². The van der Waals surface area contributed by atoms with Gasteiger partial charge in [-0.25, -0.2) is 8.42 Å². The molecule has 0 heterocycles. The van der Waals surface area contributed by atoms with Crippen LogP contribution in [0.1, 0.15) is 34.6 Å². The van der Waals surface area contributed by atoms with Gasteiger partial charge in [0.1, 0.15) is 5.75 Å². The lowest BCUT2D eigenvalue weighted by atomic mass is 10.1. The van der Waals surface area contributed by atoms with Crippen LogP contribution in [-0.2, 0) is 10.0 Å². The highest BCUT2D eigenvalue weighted by molar-refractivity contribution is 7.92. The zero-order valence-corrected chi connectivity index (χ0v) is 17.9.